The Labute approximate surface area is 75.0 Å². The van der Waals surface area contributed by atoms with E-state index in [-0.39, 0.29) is 5.91 Å². The maximum atomic E-state index is 11.1. The molecule has 0 atom stereocenters. The highest BCUT2D eigenvalue weighted by Gasteiger charge is 2.19. The lowest BCUT2D eigenvalue weighted by atomic mass is 10.2. The van der Waals surface area contributed by atoms with E-state index in [9.17, 15) is 4.79 Å². The summed E-state index contributed by atoms with van der Waals surface area (Å²) in [6.45, 7) is 0.448. The van der Waals surface area contributed by atoms with Crippen LogP contribution in [0.5, 0.6) is 0 Å². The van der Waals surface area contributed by atoms with E-state index in [0.717, 1.165) is 11.2 Å². The van der Waals surface area contributed by atoms with E-state index >= 15 is 0 Å². The number of benzene rings is 1. The molecule has 1 aliphatic rings. The molecule has 1 N–H and O–H groups in total. The number of rotatable bonds is 0. The topological polar surface area (TPSA) is 34.0 Å². The highest BCUT2D eigenvalue weighted by molar-refractivity contribution is 6.05. The molecule has 0 bridgehead atoms. The van der Waals surface area contributed by atoms with Crippen LogP contribution in [-0.2, 0) is 11.3 Å². The van der Waals surface area contributed by atoms with Crippen molar-refractivity contribution >= 4 is 22.5 Å². The molecule has 64 valence electrons. The van der Waals surface area contributed by atoms with E-state index in [1.165, 1.54) is 5.39 Å². The molecule has 0 saturated carbocycles. The van der Waals surface area contributed by atoms with Gasteiger partial charge in [0.1, 0.15) is 12.4 Å². The molecule has 0 radical (unpaired) electrons. The average molecular weight is 172 g/mol. The summed E-state index contributed by atoms with van der Waals surface area (Å²) in [4.78, 5) is 11.1. The number of nitrogens with zero attached hydrogens (tertiary/aromatic N) is 1. The van der Waals surface area contributed by atoms with E-state index < -0.39 is 0 Å². The maximum absolute atomic E-state index is 11.1. The van der Waals surface area contributed by atoms with E-state index in [0.29, 0.717) is 6.54 Å². The summed E-state index contributed by atoms with van der Waals surface area (Å²) < 4.78 is 1.95. The molecule has 3 heteroatoms. The molecule has 1 aliphatic heterocycles. The van der Waals surface area contributed by atoms with Crippen LogP contribution in [0.2, 0.25) is 0 Å². The molecule has 0 spiro atoms. The Kier molecular flexibility index (Phi) is 1.10. The predicted octanol–water partition coefficient (Wildman–Crippen LogP) is 1.59. The Morgan fingerprint density at radius 2 is 2.15 bits per heavy atom. The predicted molar refractivity (Wildman–Crippen MR) is 50.6 cm³/mol. The summed E-state index contributed by atoms with van der Waals surface area (Å²) in [7, 11) is 0. The standard InChI is InChI=1S/C10H8N2O/c13-9-6-12-5-7-3-1-2-4-8(7)10(12)11-9/h1-5H,6H2,(H,11,13). The fraction of sp³-hybridized carbons (Fsp3) is 0.100. The number of fused-ring (bicyclic) bond motifs is 3. The molecular formula is C10H8N2O. The molecule has 2 heterocycles. The van der Waals surface area contributed by atoms with Crippen molar-refractivity contribution in [1.82, 2.24) is 4.57 Å². The minimum Gasteiger partial charge on any atom is -0.324 e. The van der Waals surface area contributed by atoms with Crippen LogP contribution >= 0.6 is 0 Å². The molecule has 0 unspecified atom stereocenters. The van der Waals surface area contributed by atoms with Gasteiger partial charge in [-0.25, -0.2) is 0 Å². The largest absolute Gasteiger partial charge is 0.324 e. The van der Waals surface area contributed by atoms with Crippen LogP contribution in [0.1, 0.15) is 0 Å². The lowest BCUT2D eigenvalue weighted by molar-refractivity contribution is -0.115. The highest BCUT2D eigenvalue weighted by atomic mass is 16.2. The maximum Gasteiger partial charge on any atom is 0.245 e. The van der Waals surface area contributed by atoms with Crippen LogP contribution in [-0.4, -0.2) is 10.5 Å². The Morgan fingerprint density at radius 3 is 3.08 bits per heavy atom. The molecule has 1 amide bonds. The lowest BCUT2D eigenvalue weighted by Crippen LogP contribution is -2.05. The van der Waals surface area contributed by atoms with Gasteiger partial charge in [0.25, 0.3) is 0 Å². The zero-order valence-corrected chi connectivity index (χ0v) is 6.95. The van der Waals surface area contributed by atoms with Crippen LogP contribution in [0.4, 0.5) is 5.82 Å². The van der Waals surface area contributed by atoms with Gasteiger partial charge in [-0.05, 0) is 0 Å². The molecule has 1 aromatic heterocycles. The van der Waals surface area contributed by atoms with Crippen molar-refractivity contribution in [2.24, 2.45) is 0 Å². The number of anilines is 1. The van der Waals surface area contributed by atoms with E-state index in [4.69, 9.17) is 0 Å². The van der Waals surface area contributed by atoms with Gasteiger partial charge in [0.15, 0.2) is 0 Å². The third kappa shape index (κ3) is 0.811. The number of nitrogens with one attached hydrogen (secondary N) is 1. The van der Waals surface area contributed by atoms with Crippen molar-refractivity contribution in [1.29, 1.82) is 0 Å². The van der Waals surface area contributed by atoms with Crippen LogP contribution in [0.25, 0.3) is 10.8 Å². The Balaban J connectivity index is 2.37. The molecule has 0 saturated heterocycles. The molecule has 13 heavy (non-hydrogen) atoms. The van der Waals surface area contributed by atoms with Crippen LogP contribution in [0, 0.1) is 0 Å². The first-order valence-electron chi connectivity index (χ1n) is 4.22. The van der Waals surface area contributed by atoms with E-state index in [2.05, 4.69) is 5.32 Å². The lowest BCUT2D eigenvalue weighted by Gasteiger charge is -1.93. The summed E-state index contributed by atoms with van der Waals surface area (Å²) in [6.07, 6.45) is 2.00. The molecule has 0 aliphatic carbocycles. The van der Waals surface area contributed by atoms with Crippen molar-refractivity contribution in [3.05, 3.63) is 30.5 Å². The molecular weight excluding hydrogens is 164 g/mol. The minimum absolute atomic E-state index is 0.0701. The van der Waals surface area contributed by atoms with Gasteiger partial charge in [0.05, 0.1) is 0 Å². The van der Waals surface area contributed by atoms with Crippen LogP contribution in [0.3, 0.4) is 0 Å². The first-order valence-corrected chi connectivity index (χ1v) is 4.22. The second kappa shape index (κ2) is 2.13. The SMILES string of the molecule is O=C1Cn2cc3ccccc3c2N1. The summed E-state index contributed by atoms with van der Waals surface area (Å²) in [5, 5.41) is 5.14. The van der Waals surface area contributed by atoms with Gasteiger partial charge >= 0.3 is 0 Å². The Bertz CT molecular complexity index is 499. The monoisotopic (exact) mass is 172 g/mol. The number of carbonyl (C=O) groups excluding carboxylic acids is 1. The van der Waals surface area contributed by atoms with Crippen LogP contribution in [0.15, 0.2) is 30.5 Å². The summed E-state index contributed by atoms with van der Waals surface area (Å²) in [5.74, 6) is 1.00. The summed E-state index contributed by atoms with van der Waals surface area (Å²) in [6, 6.07) is 8.05. The smallest absolute Gasteiger partial charge is 0.245 e. The van der Waals surface area contributed by atoms with Gasteiger partial charge in [-0.2, -0.15) is 0 Å². The van der Waals surface area contributed by atoms with Gasteiger partial charge in [0, 0.05) is 17.0 Å². The second-order valence-electron chi connectivity index (χ2n) is 3.24. The van der Waals surface area contributed by atoms with Gasteiger partial charge in [-0.3, -0.25) is 4.79 Å². The van der Waals surface area contributed by atoms with Crippen molar-refractivity contribution in [2.45, 2.75) is 6.54 Å². The van der Waals surface area contributed by atoms with Crippen molar-refractivity contribution < 1.29 is 4.79 Å². The van der Waals surface area contributed by atoms with E-state index in [1.54, 1.807) is 0 Å². The molecule has 2 aromatic rings. The Hall–Kier alpha value is -1.77. The highest BCUT2D eigenvalue weighted by Crippen LogP contribution is 2.28. The minimum atomic E-state index is 0.0701. The molecule has 3 rings (SSSR count). The number of aromatic nitrogens is 1. The first-order chi connectivity index (χ1) is 6.34. The third-order valence-electron chi connectivity index (χ3n) is 2.37. The zero-order valence-electron chi connectivity index (χ0n) is 6.95. The van der Waals surface area contributed by atoms with Gasteiger partial charge in [-0.1, -0.05) is 24.3 Å². The normalized spacial score (nSPS) is 14.6. The number of amides is 1. The quantitative estimate of drug-likeness (QED) is 0.643. The van der Waals surface area contributed by atoms with E-state index in [1.807, 2.05) is 35.0 Å². The van der Waals surface area contributed by atoms with Gasteiger partial charge in [-0.15, -0.1) is 0 Å². The molecule has 0 fully saturated rings. The first kappa shape index (κ1) is 6.71. The fourth-order valence-corrected chi connectivity index (χ4v) is 1.80. The van der Waals surface area contributed by atoms with Gasteiger partial charge < -0.3 is 9.88 Å². The number of carbonyl (C=O) groups is 1. The summed E-state index contributed by atoms with van der Waals surface area (Å²) in [5.41, 5.74) is 0. The van der Waals surface area contributed by atoms with Crippen LogP contribution < -0.4 is 5.32 Å². The Morgan fingerprint density at radius 1 is 1.31 bits per heavy atom. The molecule has 1 aromatic carbocycles. The van der Waals surface area contributed by atoms with Crippen molar-refractivity contribution in [3.8, 4) is 0 Å². The van der Waals surface area contributed by atoms with Gasteiger partial charge in [0.2, 0.25) is 5.91 Å². The zero-order chi connectivity index (χ0) is 8.84. The fourth-order valence-electron chi connectivity index (χ4n) is 1.80. The summed E-state index contributed by atoms with van der Waals surface area (Å²) >= 11 is 0. The number of hydrogen-bond donors (Lipinski definition) is 1. The van der Waals surface area contributed by atoms with Crippen molar-refractivity contribution in [2.75, 3.05) is 5.32 Å². The third-order valence-corrected chi connectivity index (χ3v) is 2.37. The molecule has 3 nitrogen and oxygen atoms in total. The average Bonchev–Trinajstić information content (AvgIpc) is 2.60. The number of hydrogen-bond acceptors (Lipinski definition) is 1. The van der Waals surface area contributed by atoms with Crippen molar-refractivity contribution in [3.63, 3.8) is 0 Å². The second-order valence-corrected chi connectivity index (χ2v) is 3.24.